The van der Waals surface area contributed by atoms with Crippen LogP contribution in [0.4, 0.5) is 13.2 Å². The van der Waals surface area contributed by atoms with E-state index in [1.54, 1.807) is 0 Å². The van der Waals surface area contributed by atoms with Crippen LogP contribution in [-0.2, 0) is 9.53 Å². The number of hydrogen-bond acceptors (Lipinski definition) is 3. The molecular weight excluding hydrogens is 223 g/mol. The van der Waals surface area contributed by atoms with Gasteiger partial charge in [0, 0.05) is 23.7 Å². The van der Waals surface area contributed by atoms with E-state index in [1.807, 2.05) is 0 Å². The first-order chi connectivity index (χ1) is 7.45. The zero-order valence-electron chi connectivity index (χ0n) is 8.47. The van der Waals surface area contributed by atoms with Crippen LogP contribution in [0.1, 0.15) is 18.0 Å². The first kappa shape index (κ1) is 12.5. The number of esters is 1. The Hall–Kier alpha value is -1.56. The van der Waals surface area contributed by atoms with Crippen molar-refractivity contribution in [1.29, 1.82) is 0 Å². The molecule has 6 heteroatoms. The zero-order chi connectivity index (χ0) is 12.3. The third-order valence-corrected chi connectivity index (χ3v) is 2.03. The minimum absolute atomic E-state index is 0.379. The molecule has 0 saturated heterocycles. The lowest BCUT2D eigenvalue weighted by Gasteiger charge is -2.12. The Labute approximate surface area is 90.0 Å². The maximum atomic E-state index is 13.2. The molecule has 0 saturated carbocycles. The fourth-order valence-electron chi connectivity index (χ4n) is 1.27. The highest BCUT2D eigenvalue weighted by Gasteiger charge is 2.20. The maximum absolute atomic E-state index is 13.2. The first-order valence-corrected chi connectivity index (χ1v) is 4.42. The van der Waals surface area contributed by atoms with Crippen molar-refractivity contribution in [3.05, 3.63) is 35.1 Å². The highest BCUT2D eigenvalue weighted by molar-refractivity contribution is 5.70. The van der Waals surface area contributed by atoms with Crippen LogP contribution in [0.2, 0.25) is 0 Å². The Balaban J connectivity index is 2.99. The van der Waals surface area contributed by atoms with Gasteiger partial charge in [-0.1, -0.05) is 0 Å². The Morgan fingerprint density at radius 3 is 2.31 bits per heavy atom. The van der Waals surface area contributed by atoms with E-state index in [0.29, 0.717) is 12.1 Å². The van der Waals surface area contributed by atoms with Crippen molar-refractivity contribution >= 4 is 5.97 Å². The van der Waals surface area contributed by atoms with Gasteiger partial charge in [0.1, 0.15) is 17.5 Å². The van der Waals surface area contributed by atoms with Crippen LogP contribution in [-0.4, -0.2) is 13.1 Å². The number of carbonyl (C=O) groups excluding carboxylic acids is 1. The lowest BCUT2D eigenvalue weighted by Crippen LogP contribution is -2.19. The van der Waals surface area contributed by atoms with Gasteiger partial charge in [-0.3, -0.25) is 4.79 Å². The Kier molecular flexibility index (Phi) is 3.89. The monoisotopic (exact) mass is 233 g/mol. The predicted molar refractivity (Wildman–Crippen MR) is 49.9 cm³/mol. The van der Waals surface area contributed by atoms with E-state index >= 15 is 0 Å². The largest absolute Gasteiger partial charge is 0.469 e. The van der Waals surface area contributed by atoms with Gasteiger partial charge in [0.25, 0.3) is 0 Å². The van der Waals surface area contributed by atoms with E-state index in [2.05, 4.69) is 4.74 Å². The highest BCUT2D eigenvalue weighted by Crippen LogP contribution is 2.22. The van der Waals surface area contributed by atoms with Gasteiger partial charge in [-0.2, -0.15) is 0 Å². The third kappa shape index (κ3) is 2.73. The van der Waals surface area contributed by atoms with E-state index in [0.717, 1.165) is 7.11 Å². The lowest BCUT2D eigenvalue weighted by molar-refractivity contribution is -0.141. The summed E-state index contributed by atoms with van der Waals surface area (Å²) < 4.78 is 43.3. The Morgan fingerprint density at radius 1 is 1.38 bits per heavy atom. The van der Waals surface area contributed by atoms with Crippen molar-refractivity contribution in [3.8, 4) is 0 Å². The molecule has 88 valence electrons. The lowest BCUT2D eigenvalue weighted by atomic mass is 10.0. The topological polar surface area (TPSA) is 52.3 Å². The quantitative estimate of drug-likeness (QED) is 0.808. The van der Waals surface area contributed by atoms with Crippen molar-refractivity contribution in [2.45, 2.75) is 12.5 Å². The maximum Gasteiger partial charge on any atom is 0.307 e. The molecule has 2 N–H and O–H groups in total. The van der Waals surface area contributed by atoms with Crippen molar-refractivity contribution < 1.29 is 22.7 Å². The van der Waals surface area contributed by atoms with Gasteiger partial charge in [-0.25, -0.2) is 13.2 Å². The molecule has 1 rings (SSSR count). The summed E-state index contributed by atoms with van der Waals surface area (Å²) in [5, 5.41) is 0. The summed E-state index contributed by atoms with van der Waals surface area (Å²) in [6, 6.07) is -0.182. The summed E-state index contributed by atoms with van der Waals surface area (Å²) in [4.78, 5) is 10.9. The summed E-state index contributed by atoms with van der Waals surface area (Å²) in [5.41, 5.74) is 4.90. The molecule has 1 aromatic carbocycles. The van der Waals surface area contributed by atoms with Crippen LogP contribution in [0, 0.1) is 17.5 Å². The smallest absolute Gasteiger partial charge is 0.307 e. The second-order valence-corrected chi connectivity index (χ2v) is 3.17. The first-order valence-electron chi connectivity index (χ1n) is 4.42. The molecular formula is C10H10F3NO2. The van der Waals surface area contributed by atoms with E-state index in [1.165, 1.54) is 0 Å². The number of ether oxygens (including phenoxy) is 1. The van der Waals surface area contributed by atoms with Crippen LogP contribution in [0.25, 0.3) is 0 Å². The Morgan fingerprint density at radius 2 is 1.88 bits per heavy atom. The number of carbonyl (C=O) groups is 1. The molecule has 0 radical (unpaired) electrons. The summed E-state index contributed by atoms with van der Waals surface area (Å²) in [7, 11) is 1.13. The molecule has 0 aromatic heterocycles. The van der Waals surface area contributed by atoms with Gasteiger partial charge in [0.2, 0.25) is 0 Å². The summed E-state index contributed by atoms with van der Waals surface area (Å²) in [6.07, 6.45) is -0.379. The van der Waals surface area contributed by atoms with E-state index < -0.39 is 35.0 Å². The fourth-order valence-corrected chi connectivity index (χ4v) is 1.27. The molecule has 16 heavy (non-hydrogen) atoms. The van der Waals surface area contributed by atoms with E-state index in [4.69, 9.17) is 5.73 Å². The zero-order valence-corrected chi connectivity index (χ0v) is 8.47. The molecule has 0 fully saturated rings. The minimum Gasteiger partial charge on any atom is -0.469 e. The number of nitrogens with two attached hydrogens (primary N) is 1. The highest BCUT2D eigenvalue weighted by atomic mass is 19.1. The minimum atomic E-state index is -1.20. The molecule has 0 aliphatic carbocycles. The van der Waals surface area contributed by atoms with Gasteiger partial charge < -0.3 is 10.5 Å². The molecule has 0 spiro atoms. The SMILES string of the molecule is COC(=O)C[C@H](N)c1c(F)cc(F)cc1F. The molecule has 1 atom stereocenters. The van der Waals surface area contributed by atoms with Crippen molar-refractivity contribution in [3.63, 3.8) is 0 Å². The molecule has 0 aliphatic rings. The number of hydrogen-bond donors (Lipinski definition) is 1. The average molecular weight is 233 g/mol. The fraction of sp³-hybridized carbons (Fsp3) is 0.300. The second kappa shape index (κ2) is 4.98. The average Bonchev–Trinajstić information content (AvgIpc) is 2.15. The molecule has 0 bridgehead atoms. The molecule has 0 aliphatic heterocycles. The van der Waals surface area contributed by atoms with Gasteiger partial charge >= 0.3 is 5.97 Å². The van der Waals surface area contributed by atoms with Gasteiger partial charge in [0.15, 0.2) is 0 Å². The van der Waals surface area contributed by atoms with Crippen molar-refractivity contribution in [2.24, 2.45) is 5.73 Å². The van der Waals surface area contributed by atoms with Crippen LogP contribution < -0.4 is 5.73 Å². The van der Waals surface area contributed by atoms with Crippen LogP contribution in [0.15, 0.2) is 12.1 Å². The molecule has 1 aromatic rings. The van der Waals surface area contributed by atoms with Gasteiger partial charge in [0.05, 0.1) is 13.5 Å². The third-order valence-electron chi connectivity index (χ3n) is 2.03. The summed E-state index contributed by atoms with van der Waals surface area (Å²) in [6.45, 7) is 0. The molecule has 0 amide bonds. The molecule has 0 unspecified atom stereocenters. The number of benzene rings is 1. The van der Waals surface area contributed by atoms with Crippen LogP contribution >= 0.6 is 0 Å². The second-order valence-electron chi connectivity index (χ2n) is 3.17. The molecule has 0 heterocycles. The van der Waals surface area contributed by atoms with Gasteiger partial charge in [-0.05, 0) is 0 Å². The van der Waals surface area contributed by atoms with Crippen molar-refractivity contribution in [1.82, 2.24) is 0 Å². The van der Waals surface area contributed by atoms with E-state index in [9.17, 15) is 18.0 Å². The number of rotatable bonds is 3. The normalized spacial score (nSPS) is 12.3. The number of halogens is 3. The molecule has 3 nitrogen and oxygen atoms in total. The number of methoxy groups -OCH3 is 1. The Bertz CT molecular complexity index is 386. The van der Waals surface area contributed by atoms with E-state index in [-0.39, 0.29) is 6.42 Å². The summed E-state index contributed by atoms with van der Waals surface area (Å²) in [5.74, 6) is -3.97. The van der Waals surface area contributed by atoms with Crippen molar-refractivity contribution in [2.75, 3.05) is 7.11 Å². The van der Waals surface area contributed by atoms with Crippen LogP contribution in [0.5, 0.6) is 0 Å². The summed E-state index contributed by atoms with van der Waals surface area (Å²) >= 11 is 0. The predicted octanol–water partition coefficient (Wildman–Crippen LogP) is 1.67. The standard InChI is InChI=1S/C10H10F3NO2/c1-16-9(15)4-8(14)10-6(12)2-5(11)3-7(10)13/h2-3,8H,4,14H2,1H3/t8-/m0/s1. The van der Waals surface area contributed by atoms with Gasteiger partial charge in [-0.15, -0.1) is 0 Å². The van der Waals surface area contributed by atoms with Crippen LogP contribution in [0.3, 0.4) is 0 Å².